The SMILES string of the molecule is CCOc1cc(C2/C(=C(\O)c3ccc(OC)c(C(C)C)c3)C(=O)C(=O)N2c2nc3ccccc3[nH]2)ccc1O. The summed E-state index contributed by atoms with van der Waals surface area (Å²) in [5, 5.41) is 21.9. The molecule has 3 aromatic carbocycles. The van der Waals surface area contributed by atoms with Crippen LogP contribution in [-0.2, 0) is 9.59 Å². The van der Waals surface area contributed by atoms with Crippen LogP contribution in [0.2, 0.25) is 0 Å². The summed E-state index contributed by atoms with van der Waals surface area (Å²) in [6.45, 7) is 6.06. The molecule has 4 aromatic rings. The summed E-state index contributed by atoms with van der Waals surface area (Å²) >= 11 is 0. The molecule has 0 bridgehead atoms. The fourth-order valence-corrected chi connectivity index (χ4v) is 4.88. The number of phenols is 1. The van der Waals surface area contributed by atoms with Crippen molar-refractivity contribution in [2.75, 3.05) is 18.6 Å². The number of nitrogens with zero attached hydrogens (tertiary/aromatic N) is 2. The van der Waals surface area contributed by atoms with E-state index in [4.69, 9.17) is 9.47 Å². The van der Waals surface area contributed by atoms with E-state index in [1.54, 1.807) is 50.4 Å². The first-order valence-electron chi connectivity index (χ1n) is 12.6. The Morgan fingerprint density at radius 1 is 1.08 bits per heavy atom. The van der Waals surface area contributed by atoms with Gasteiger partial charge in [-0.1, -0.05) is 32.0 Å². The second-order valence-corrected chi connectivity index (χ2v) is 9.52. The molecular formula is C30H29N3O6. The number of carbonyl (C=O) groups is 2. The molecule has 1 aromatic heterocycles. The van der Waals surface area contributed by atoms with E-state index in [9.17, 15) is 19.8 Å². The monoisotopic (exact) mass is 527 g/mol. The molecule has 1 unspecified atom stereocenters. The Morgan fingerprint density at radius 3 is 2.54 bits per heavy atom. The van der Waals surface area contributed by atoms with Crippen LogP contribution in [0.3, 0.4) is 0 Å². The Morgan fingerprint density at radius 2 is 1.85 bits per heavy atom. The van der Waals surface area contributed by atoms with Gasteiger partial charge in [0, 0.05) is 5.56 Å². The summed E-state index contributed by atoms with van der Waals surface area (Å²) in [7, 11) is 1.57. The van der Waals surface area contributed by atoms with Crippen LogP contribution in [0.5, 0.6) is 17.2 Å². The van der Waals surface area contributed by atoms with Crippen LogP contribution in [0.15, 0.2) is 66.2 Å². The average molecular weight is 528 g/mol. The Bertz CT molecular complexity index is 1590. The number of benzene rings is 3. The lowest BCUT2D eigenvalue weighted by molar-refractivity contribution is -0.132. The van der Waals surface area contributed by atoms with E-state index in [0.717, 1.165) is 5.56 Å². The van der Waals surface area contributed by atoms with Gasteiger partial charge in [-0.15, -0.1) is 0 Å². The van der Waals surface area contributed by atoms with Gasteiger partial charge in [-0.25, -0.2) is 4.98 Å². The third kappa shape index (κ3) is 4.46. The molecule has 0 radical (unpaired) electrons. The van der Waals surface area contributed by atoms with Gasteiger partial charge in [0.25, 0.3) is 5.78 Å². The maximum atomic E-state index is 13.6. The van der Waals surface area contributed by atoms with E-state index in [1.807, 2.05) is 32.0 Å². The van der Waals surface area contributed by atoms with E-state index >= 15 is 0 Å². The number of rotatable bonds is 7. The quantitative estimate of drug-likeness (QED) is 0.166. The number of carbonyl (C=O) groups excluding carboxylic acids is 2. The van der Waals surface area contributed by atoms with Crippen molar-refractivity contribution in [3.63, 3.8) is 0 Å². The van der Waals surface area contributed by atoms with E-state index in [2.05, 4.69) is 9.97 Å². The zero-order valence-electron chi connectivity index (χ0n) is 22.1. The van der Waals surface area contributed by atoms with Gasteiger partial charge in [0.15, 0.2) is 11.5 Å². The first kappa shape index (κ1) is 25.8. The first-order valence-corrected chi connectivity index (χ1v) is 12.6. The van der Waals surface area contributed by atoms with Crippen LogP contribution in [-0.4, -0.2) is 45.6 Å². The molecule has 0 aliphatic carbocycles. The number of fused-ring (bicyclic) bond motifs is 1. The highest BCUT2D eigenvalue weighted by molar-refractivity contribution is 6.51. The number of hydrogen-bond acceptors (Lipinski definition) is 7. The van der Waals surface area contributed by atoms with Gasteiger partial charge in [-0.2, -0.15) is 0 Å². The average Bonchev–Trinajstić information content (AvgIpc) is 3.47. The largest absolute Gasteiger partial charge is 0.507 e. The van der Waals surface area contributed by atoms with Crippen LogP contribution in [0.4, 0.5) is 5.95 Å². The van der Waals surface area contributed by atoms with Gasteiger partial charge >= 0.3 is 5.91 Å². The lowest BCUT2D eigenvalue weighted by atomic mass is 9.93. The molecule has 1 amide bonds. The molecule has 0 saturated carbocycles. The second-order valence-electron chi connectivity index (χ2n) is 9.52. The minimum atomic E-state index is -1.05. The maximum Gasteiger partial charge on any atom is 0.302 e. The number of anilines is 1. The van der Waals surface area contributed by atoms with Gasteiger partial charge in [-0.3, -0.25) is 14.5 Å². The van der Waals surface area contributed by atoms with Crippen molar-refractivity contribution in [1.82, 2.24) is 9.97 Å². The van der Waals surface area contributed by atoms with Crippen molar-refractivity contribution in [2.45, 2.75) is 32.7 Å². The zero-order valence-corrected chi connectivity index (χ0v) is 22.1. The molecule has 9 heteroatoms. The number of ether oxygens (including phenoxy) is 2. The van der Waals surface area contributed by atoms with Crippen LogP contribution in [0, 0.1) is 0 Å². The van der Waals surface area contributed by atoms with Gasteiger partial charge < -0.3 is 24.7 Å². The minimum absolute atomic E-state index is 0.0762. The van der Waals surface area contributed by atoms with E-state index < -0.39 is 17.7 Å². The highest BCUT2D eigenvalue weighted by Crippen LogP contribution is 2.44. The number of imidazole rings is 1. The molecule has 0 spiro atoms. The van der Waals surface area contributed by atoms with Crippen LogP contribution in [0.25, 0.3) is 16.8 Å². The van der Waals surface area contributed by atoms with Crippen LogP contribution >= 0.6 is 0 Å². The van der Waals surface area contributed by atoms with E-state index in [-0.39, 0.29) is 34.7 Å². The number of nitrogens with one attached hydrogen (secondary N) is 1. The third-order valence-corrected chi connectivity index (χ3v) is 6.77. The number of amides is 1. The number of aromatic amines is 1. The smallest absolute Gasteiger partial charge is 0.302 e. The van der Waals surface area contributed by atoms with Crippen molar-refractivity contribution < 1.29 is 29.3 Å². The number of aromatic hydroxyl groups is 1. The Balaban J connectivity index is 1.74. The summed E-state index contributed by atoms with van der Waals surface area (Å²) < 4.78 is 11.0. The molecule has 1 aliphatic rings. The number of aromatic nitrogens is 2. The van der Waals surface area contributed by atoms with Gasteiger partial charge in [0.1, 0.15) is 11.5 Å². The Labute approximate surface area is 225 Å². The number of ketones is 1. The number of aliphatic hydroxyl groups excluding tert-OH is 1. The second kappa shape index (κ2) is 10.2. The fourth-order valence-electron chi connectivity index (χ4n) is 4.88. The normalized spacial score (nSPS) is 16.8. The topological polar surface area (TPSA) is 125 Å². The molecule has 5 rings (SSSR count). The standard InChI is InChI=1S/C30H29N3O6/c1-5-39-24-15-17(10-12-22(24)34)26-25(27(35)18-11-13-23(38-4)19(14-18)16(2)3)28(36)29(37)33(26)30-31-20-8-6-7-9-21(20)32-30/h6-16,26,34-35H,5H2,1-4H3,(H,31,32)/b27-25+. The molecule has 9 nitrogen and oxygen atoms in total. The maximum absolute atomic E-state index is 13.6. The number of methoxy groups -OCH3 is 1. The van der Waals surface area contributed by atoms with Crippen molar-refractivity contribution >= 4 is 34.4 Å². The highest BCUT2D eigenvalue weighted by atomic mass is 16.5. The molecule has 39 heavy (non-hydrogen) atoms. The zero-order chi connectivity index (χ0) is 27.8. The predicted octanol–water partition coefficient (Wildman–Crippen LogP) is 5.43. The molecule has 1 aliphatic heterocycles. The minimum Gasteiger partial charge on any atom is -0.507 e. The van der Waals surface area contributed by atoms with Gasteiger partial charge in [0.05, 0.1) is 36.4 Å². The molecule has 2 heterocycles. The van der Waals surface area contributed by atoms with Gasteiger partial charge in [0.2, 0.25) is 5.95 Å². The fraction of sp³-hybridized carbons (Fsp3) is 0.233. The number of para-hydroxylation sites is 2. The number of phenolic OH excluding ortho intramolecular Hbond substituents is 1. The summed E-state index contributed by atoms with van der Waals surface area (Å²) in [6, 6.07) is 15.9. The van der Waals surface area contributed by atoms with E-state index in [0.29, 0.717) is 34.5 Å². The molecule has 1 fully saturated rings. The summed E-state index contributed by atoms with van der Waals surface area (Å²) in [5.74, 6) is -1.03. The van der Waals surface area contributed by atoms with Crippen molar-refractivity contribution in [1.29, 1.82) is 0 Å². The molecular weight excluding hydrogens is 498 g/mol. The highest BCUT2D eigenvalue weighted by Gasteiger charge is 2.48. The molecule has 3 N–H and O–H groups in total. The van der Waals surface area contributed by atoms with Crippen molar-refractivity contribution in [3.05, 3.63) is 82.9 Å². The molecule has 1 saturated heterocycles. The van der Waals surface area contributed by atoms with Crippen molar-refractivity contribution in [3.8, 4) is 17.2 Å². The summed E-state index contributed by atoms with van der Waals surface area (Å²) in [6.07, 6.45) is 0. The summed E-state index contributed by atoms with van der Waals surface area (Å²) in [4.78, 5) is 36.0. The molecule has 1 atom stereocenters. The van der Waals surface area contributed by atoms with E-state index in [1.165, 1.54) is 11.0 Å². The Hall–Kier alpha value is -4.79. The van der Waals surface area contributed by atoms with Gasteiger partial charge in [-0.05, 0) is 66.4 Å². The number of H-pyrrole nitrogens is 1. The number of Topliss-reactive ketones (excluding diaryl/α,β-unsaturated/α-hetero) is 1. The molecule has 200 valence electrons. The number of hydrogen-bond donors (Lipinski definition) is 3. The van der Waals surface area contributed by atoms with Crippen LogP contribution < -0.4 is 14.4 Å². The lowest BCUT2D eigenvalue weighted by Gasteiger charge is -2.24. The van der Waals surface area contributed by atoms with Crippen LogP contribution in [0.1, 0.15) is 49.4 Å². The third-order valence-electron chi connectivity index (χ3n) is 6.77. The first-order chi connectivity index (χ1) is 18.7. The Kier molecular flexibility index (Phi) is 6.74. The van der Waals surface area contributed by atoms with Crippen molar-refractivity contribution in [2.24, 2.45) is 0 Å². The summed E-state index contributed by atoms with van der Waals surface area (Å²) in [5.41, 5.74) is 2.86. The number of aliphatic hydroxyl groups is 1. The predicted molar refractivity (Wildman–Crippen MR) is 147 cm³/mol. The lowest BCUT2D eigenvalue weighted by Crippen LogP contribution is -2.30.